The lowest BCUT2D eigenvalue weighted by Crippen LogP contribution is -2.45. The van der Waals surface area contributed by atoms with Crippen LogP contribution in [-0.2, 0) is 13.1 Å². The average molecular weight is 338 g/mol. The monoisotopic (exact) mass is 338 g/mol. The van der Waals surface area contributed by atoms with E-state index in [0.717, 1.165) is 12.4 Å². The first-order chi connectivity index (χ1) is 12.2. The van der Waals surface area contributed by atoms with Crippen LogP contribution >= 0.6 is 0 Å². The third-order valence-electron chi connectivity index (χ3n) is 5.27. The number of hydrogen-bond acceptors (Lipinski definition) is 2. The molecule has 2 aliphatic carbocycles. The van der Waals surface area contributed by atoms with Crippen molar-refractivity contribution < 1.29 is 4.79 Å². The van der Waals surface area contributed by atoms with Gasteiger partial charge in [0, 0.05) is 32.0 Å². The van der Waals surface area contributed by atoms with Crippen molar-refractivity contribution in [3.05, 3.63) is 54.1 Å². The number of nitrogens with one attached hydrogen (secondary N) is 1. The van der Waals surface area contributed by atoms with Crippen molar-refractivity contribution in [2.24, 2.45) is 11.8 Å². The molecular formula is C20H26N4O. The molecule has 2 aromatic rings. The van der Waals surface area contributed by atoms with Crippen molar-refractivity contribution in [3.8, 4) is 0 Å². The molecule has 1 heterocycles. The predicted molar refractivity (Wildman–Crippen MR) is 97.0 cm³/mol. The van der Waals surface area contributed by atoms with E-state index in [1.165, 1.54) is 31.2 Å². The zero-order valence-electron chi connectivity index (χ0n) is 14.8. The second kappa shape index (κ2) is 6.90. The molecule has 0 unspecified atom stereocenters. The molecule has 0 saturated heterocycles. The summed E-state index contributed by atoms with van der Waals surface area (Å²) in [6, 6.07) is 10.7. The first kappa shape index (κ1) is 16.2. The number of rotatable bonds is 7. The quantitative estimate of drug-likeness (QED) is 0.842. The van der Waals surface area contributed by atoms with Gasteiger partial charge in [-0.1, -0.05) is 30.3 Å². The summed E-state index contributed by atoms with van der Waals surface area (Å²) in [4.78, 5) is 18.8. The fourth-order valence-corrected chi connectivity index (χ4v) is 3.48. The second-order valence-electron chi connectivity index (χ2n) is 7.46. The van der Waals surface area contributed by atoms with Gasteiger partial charge in [-0.2, -0.15) is 0 Å². The van der Waals surface area contributed by atoms with E-state index in [1.54, 1.807) is 11.1 Å². The zero-order valence-corrected chi connectivity index (χ0v) is 14.8. The maximum Gasteiger partial charge on any atom is 0.317 e. The minimum Gasteiger partial charge on any atom is -0.335 e. The Balaban J connectivity index is 1.36. The van der Waals surface area contributed by atoms with Gasteiger partial charge in [0.15, 0.2) is 0 Å². The van der Waals surface area contributed by atoms with Crippen molar-refractivity contribution in [1.82, 2.24) is 19.8 Å². The number of carbonyl (C=O) groups excluding carboxylic acids is 1. The smallest absolute Gasteiger partial charge is 0.317 e. The molecule has 25 heavy (non-hydrogen) atoms. The molecule has 2 amide bonds. The van der Waals surface area contributed by atoms with E-state index in [2.05, 4.69) is 27.0 Å². The van der Waals surface area contributed by atoms with Crippen molar-refractivity contribution in [2.45, 2.75) is 44.8 Å². The third-order valence-corrected chi connectivity index (χ3v) is 5.27. The molecule has 0 bridgehead atoms. The Bertz CT molecular complexity index is 706. The van der Waals surface area contributed by atoms with Gasteiger partial charge in [-0.15, -0.1) is 0 Å². The Morgan fingerprint density at radius 3 is 2.56 bits per heavy atom. The van der Waals surface area contributed by atoms with E-state index in [1.807, 2.05) is 31.4 Å². The molecule has 0 aliphatic heterocycles. The first-order valence-electron chi connectivity index (χ1n) is 9.26. The number of benzene rings is 1. The molecule has 132 valence electrons. The number of nitrogens with zero attached hydrogens (tertiary/aromatic N) is 3. The lowest BCUT2D eigenvalue weighted by molar-refractivity contribution is 0.197. The highest BCUT2D eigenvalue weighted by molar-refractivity contribution is 5.74. The van der Waals surface area contributed by atoms with Crippen LogP contribution in [0.5, 0.6) is 0 Å². The highest BCUT2D eigenvalue weighted by Gasteiger charge is 2.42. The lowest BCUT2D eigenvalue weighted by Gasteiger charge is -2.23. The topological polar surface area (TPSA) is 50.2 Å². The zero-order chi connectivity index (χ0) is 17.2. The van der Waals surface area contributed by atoms with Crippen LogP contribution in [0.2, 0.25) is 0 Å². The van der Waals surface area contributed by atoms with E-state index in [0.29, 0.717) is 24.4 Å². The Morgan fingerprint density at radius 2 is 1.92 bits per heavy atom. The molecule has 1 aromatic carbocycles. The maximum atomic E-state index is 12.6. The van der Waals surface area contributed by atoms with Gasteiger partial charge >= 0.3 is 6.03 Å². The molecule has 0 spiro atoms. The predicted octanol–water partition coefficient (Wildman–Crippen LogP) is 3.26. The van der Waals surface area contributed by atoms with Crippen molar-refractivity contribution >= 4 is 6.03 Å². The normalized spacial score (nSPS) is 16.9. The number of carbonyl (C=O) groups is 1. The Labute approximate surface area is 149 Å². The van der Waals surface area contributed by atoms with E-state index >= 15 is 0 Å². The molecule has 0 radical (unpaired) electrons. The van der Waals surface area contributed by atoms with Crippen LogP contribution in [0.1, 0.15) is 37.1 Å². The number of amides is 2. The minimum absolute atomic E-state index is 0.0260. The summed E-state index contributed by atoms with van der Waals surface area (Å²) in [6.45, 7) is 1.30. The number of imidazole rings is 1. The summed E-state index contributed by atoms with van der Waals surface area (Å²) >= 11 is 0. The van der Waals surface area contributed by atoms with Crippen molar-refractivity contribution in [1.29, 1.82) is 0 Å². The van der Waals surface area contributed by atoms with Crippen molar-refractivity contribution in [2.75, 3.05) is 7.05 Å². The van der Waals surface area contributed by atoms with Crippen LogP contribution < -0.4 is 5.32 Å². The number of aromatic nitrogens is 2. The van der Waals surface area contributed by atoms with E-state index in [4.69, 9.17) is 0 Å². The summed E-state index contributed by atoms with van der Waals surface area (Å²) in [5, 5.41) is 3.27. The van der Waals surface area contributed by atoms with Crippen LogP contribution in [0, 0.1) is 11.8 Å². The summed E-state index contributed by atoms with van der Waals surface area (Å²) in [5.74, 6) is 2.34. The molecule has 1 aromatic heterocycles. The summed E-state index contributed by atoms with van der Waals surface area (Å²) < 4.78 is 2.11. The van der Waals surface area contributed by atoms with E-state index in [9.17, 15) is 4.79 Å². The van der Waals surface area contributed by atoms with Gasteiger partial charge in [0.1, 0.15) is 5.82 Å². The minimum atomic E-state index is 0.0260. The van der Waals surface area contributed by atoms with Gasteiger partial charge < -0.3 is 14.8 Å². The molecule has 5 nitrogen and oxygen atoms in total. The van der Waals surface area contributed by atoms with Crippen LogP contribution in [0.4, 0.5) is 4.79 Å². The van der Waals surface area contributed by atoms with Gasteiger partial charge in [-0.25, -0.2) is 9.78 Å². The second-order valence-corrected chi connectivity index (χ2v) is 7.46. The molecule has 2 fully saturated rings. The van der Waals surface area contributed by atoms with Gasteiger partial charge in [0.2, 0.25) is 0 Å². The molecule has 0 atom stereocenters. The summed E-state index contributed by atoms with van der Waals surface area (Å²) in [6.07, 6.45) is 8.87. The Kier molecular flexibility index (Phi) is 4.47. The first-order valence-corrected chi connectivity index (χ1v) is 9.26. The molecule has 5 heteroatoms. The van der Waals surface area contributed by atoms with E-state index in [-0.39, 0.29) is 6.03 Å². The average Bonchev–Trinajstić information content (AvgIpc) is 3.54. The van der Waals surface area contributed by atoms with Gasteiger partial charge in [-0.3, -0.25) is 0 Å². The fraction of sp³-hybridized carbons (Fsp3) is 0.500. The van der Waals surface area contributed by atoms with Gasteiger partial charge in [0.05, 0.1) is 6.54 Å². The lowest BCUT2D eigenvalue weighted by atomic mass is 10.1. The van der Waals surface area contributed by atoms with Crippen LogP contribution in [0.25, 0.3) is 0 Å². The molecule has 2 aliphatic rings. The van der Waals surface area contributed by atoms with E-state index < -0.39 is 0 Å². The highest BCUT2D eigenvalue weighted by Crippen LogP contribution is 2.44. The van der Waals surface area contributed by atoms with Crippen molar-refractivity contribution in [3.63, 3.8) is 0 Å². The summed E-state index contributed by atoms with van der Waals surface area (Å²) in [7, 11) is 1.85. The van der Waals surface area contributed by atoms with Crippen LogP contribution in [0.3, 0.4) is 0 Å². The summed E-state index contributed by atoms with van der Waals surface area (Å²) in [5.41, 5.74) is 1.23. The Hall–Kier alpha value is -2.30. The highest BCUT2D eigenvalue weighted by atomic mass is 16.2. The molecular weight excluding hydrogens is 312 g/mol. The Morgan fingerprint density at radius 1 is 1.24 bits per heavy atom. The number of urea groups is 1. The largest absolute Gasteiger partial charge is 0.335 e. The standard InChI is InChI=1S/C20H26N4O/c1-23(20(25)22-19(16-7-8-16)17-9-10-17)14-18-21-11-12-24(18)13-15-5-3-2-4-6-15/h2-6,11-12,16-17,19H,7-10,13-14H2,1H3,(H,22,25). The van der Waals surface area contributed by atoms with Crippen LogP contribution in [-0.4, -0.2) is 33.6 Å². The third kappa shape index (κ3) is 4.03. The molecule has 1 N–H and O–H groups in total. The van der Waals surface area contributed by atoms with Gasteiger partial charge in [-0.05, 0) is 43.1 Å². The molecule has 2 saturated carbocycles. The molecule has 4 rings (SSSR count). The number of hydrogen-bond donors (Lipinski definition) is 1. The SMILES string of the molecule is CN(Cc1nccn1Cc1ccccc1)C(=O)NC(C1CC1)C1CC1. The van der Waals surface area contributed by atoms with Crippen LogP contribution in [0.15, 0.2) is 42.7 Å². The maximum absolute atomic E-state index is 12.6. The van der Waals surface area contributed by atoms with Gasteiger partial charge in [0.25, 0.3) is 0 Å². The fourth-order valence-electron chi connectivity index (χ4n) is 3.48.